The maximum absolute atomic E-state index is 13.3. The first-order valence-corrected chi connectivity index (χ1v) is 11.7. The number of benzene rings is 2. The summed E-state index contributed by atoms with van der Waals surface area (Å²) in [6.07, 6.45) is 1.54. The third kappa shape index (κ3) is 7.32. The zero-order chi connectivity index (χ0) is 23.8. The summed E-state index contributed by atoms with van der Waals surface area (Å²) in [6.45, 7) is 4.33. The fraction of sp³-hybridized carbons (Fsp3) is 0.167. The summed E-state index contributed by atoms with van der Waals surface area (Å²) in [7, 11) is 0. The highest BCUT2D eigenvalue weighted by atomic mass is 35.5. The smallest absolute Gasteiger partial charge is 0.322 e. The van der Waals surface area contributed by atoms with Gasteiger partial charge in [-0.05, 0) is 47.3 Å². The van der Waals surface area contributed by atoms with Crippen LogP contribution in [0.3, 0.4) is 0 Å². The van der Waals surface area contributed by atoms with Gasteiger partial charge in [0.15, 0.2) is 0 Å². The monoisotopic (exact) mass is 505 g/mol. The van der Waals surface area contributed by atoms with Crippen LogP contribution in [0.4, 0.5) is 14.9 Å². The molecule has 2 aromatic carbocycles. The first-order chi connectivity index (χ1) is 15.9. The fourth-order valence-electron chi connectivity index (χ4n) is 3.06. The van der Waals surface area contributed by atoms with Crippen LogP contribution in [0.5, 0.6) is 0 Å². The Balaban J connectivity index is 1.75. The van der Waals surface area contributed by atoms with Gasteiger partial charge in [-0.25, -0.2) is 9.18 Å². The predicted octanol–water partition coefficient (Wildman–Crippen LogP) is 6.44. The van der Waals surface area contributed by atoms with Gasteiger partial charge < -0.3 is 15.1 Å². The molecular weight excluding hydrogens is 484 g/mol. The molecule has 1 N–H and O–H groups in total. The number of hydrogen-bond acceptors (Lipinski definition) is 3. The summed E-state index contributed by atoms with van der Waals surface area (Å²) in [6, 6.07) is 14.1. The molecular formula is C24H22Cl2FN3O2S. The standard InChI is InChI=1S/C24H22Cl2FN3O2S/c1-2-11-29(24(32)28-22-10-7-18(25)13-21(22)26)16-23(31)30(15-20-4-3-12-33-20)14-17-5-8-19(27)9-6-17/h2-10,12-13H,1,11,14-16H2,(H,28,32). The second kappa shape index (κ2) is 11.8. The third-order valence-electron chi connectivity index (χ3n) is 4.70. The zero-order valence-corrected chi connectivity index (χ0v) is 20.0. The van der Waals surface area contributed by atoms with Crippen molar-refractivity contribution >= 4 is 52.2 Å². The molecule has 1 aromatic heterocycles. The second-order valence-electron chi connectivity index (χ2n) is 7.18. The van der Waals surface area contributed by atoms with E-state index >= 15 is 0 Å². The van der Waals surface area contributed by atoms with Crippen LogP contribution in [0.2, 0.25) is 10.0 Å². The number of thiophene rings is 1. The van der Waals surface area contributed by atoms with Crippen molar-refractivity contribution in [2.24, 2.45) is 0 Å². The van der Waals surface area contributed by atoms with Crippen molar-refractivity contribution in [2.75, 3.05) is 18.4 Å². The number of hydrogen-bond donors (Lipinski definition) is 1. The van der Waals surface area contributed by atoms with E-state index in [1.54, 1.807) is 35.2 Å². The molecule has 5 nitrogen and oxygen atoms in total. The molecule has 0 aliphatic heterocycles. The van der Waals surface area contributed by atoms with Crippen molar-refractivity contribution in [1.29, 1.82) is 0 Å². The van der Waals surface area contributed by atoms with E-state index in [2.05, 4.69) is 11.9 Å². The van der Waals surface area contributed by atoms with Crippen molar-refractivity contribution in [3.8, 4) is 0 Å². The molecule has 3 aromatic rings. The van der Waals surface area contributed by atoms with Gasteiger partial charge in [-0.15, -0.1) is 17.9 Å². The Labute approximate surface area is 206 Å². The largest absolute Gasteiger partial charge is 0.332 e. The number of urea groups is 1. The Hall–Kier alpha value is -2.87. The number of carbonyl (C=O) groups excluding carboxylic acids is 2. The van der Waals surface area contributed by atoms with E-state index in [0.717, 1.165) is 10.4 Å². The summed E-state index contributed by atoms with van der Waals surface area (Å²) < 4.78 is 13.3. The minimum atomic E-state index is -0.495. The van der Waals surface area contributed by atoms with Crippen LogP contribution in [-0.4, -0.2) is 34.8 Å². The Bertz CT molecular complexity index is 1110. The summed E-state index contributed by atoms with van der Waals surface area (Å²) in [5.41, 5.74) is 1.17. The lowest BCUT2D eigenvalue weighted by Gasteiger charge is -2.27. The average Bonchev–Trinajstić information content (AvgIpc) is 3.29. The number of anilines is 1. The van der Waals surface area contributed by atoms with Crippen LogP contribution < -0.4 is 5.32 Å². The fourth-order valence-corrected chi connectivity index (χ4v) is 4.23. The summed E-state index contributed by atoms with van der Waals surface area (Å²) in [5, 5.41) is 5.37. The highest BCUT2D eigenvalue weighted by Gasteiger charge is 2.22. The molecule has 9 heteroatoms. The third-order valence-corrected chi connectivity index (χ3v) is 6.11. The molecule has 0 saturated carbocycles. The minimum absolute atomic E-state index is 0.159. The quantitative estimate of drug-likeness (QED) is 0.340. The van der Waals surface area contributed by atoms with Gasteiger partial charge in [0.05, 0.1) is 17.3 Å². The van der Waals surface area contributed by atoms with Crippen LogP contribution in [0.1, 0.15) is 10.4 Å². The first-order valence-electron chi connectivity index (χ1n) is 10.0. The van der Waals surface area contributed by atoms with E-state index in [1.807, 2.05) is 17.5 Å². The topological polar surface area (TPSA) is 52.7 Å². The number of amides is 3. The lowest BCUT2D eigenvalue weighted by atomic mass is 10.2. The molecule has 0 aliphatic rings. The van der Waals surface area contributed by atoms with Gasteiger partial charge in [0.1, 0.15) is 12.4 Å². The van der Waals surface area contributed by atoms with Gasteiger partial charge >= 0.3 is 6.03 Å². The van der Waals surface area contributed by atoms with Crippen molar-refractivity contribution in [3.63, 3.8) is 0 Å². The van der Waals surface area contributed by atoms with Gasteiger partial charge in [-0.1, -0.05) is 47.5 Å². The maximum atomic E-state index is 13.3. The van der Waals surface area contributed by atoms with E-state index in [4.69, 9.17) is 23.2 Å². The van der Waals surface area contributed by atoms with Crippen LogP contribution in [0, 0.1) is 5.82 Å². The average molecular weight is 506 g/mol. The van der Waals surface area contributed by atoms with Crippen molar-refractivity contribution in [3.05, 3.63) is 98.9 Å². The molecule has 1 heterocycles. The lowest BCUT2D eigenvalue weighted by Crippen LogP contribution is -2.44. The van der Waals surface area contributed by atoms with Crippen LogP contribution in [-0.2, 0) is 17.9 Å². The van der Waals surface area contributed by atoms with Crippen LogP contribution >= 0.6 is 34.5 Å². The molecule has 0 fully saturated rings. The Morgan fingerprint density at radius 1 is 1.06 bits per heavy atom. The van der Waals surface area contributed by atoms with Crippen LogP contribution in [0.25, 0.3) is 0 Å². The minimum Gasteiger partial charge on any atom is -0.332 e. The highest BCUT2D eigenvalue weighted by molar-refractivity contribution is 7.09. The molecule has 0 aliphatic carbocycles. The van der Waals surface area contributed by atoms with Gasteiger partial charge in [-0.3, -0.25) is 4.79 Å². The van der Waals surface area contributed by atoms with E-state index < -0.39 is 6.03 Å². The van der Waals surface area contributed by atoms with E-state index in [0.29, 0.717) is 17.3 Å². The summed E-state index contributed by atoms with van der Waals surface area (Å²) in [5.74, 6) is -0.600. The van der Waals surface area contributed by atoms with Crippen molar-refractivity contribution in [2.45, 2.75) is 13.1 Å². The molecule has 0 bridgehead atoms. The molecule has 0 saturated heterocycles. The molecule has 3 rings (SSSR count). The highest BCUT2D eigenvalue weighted by Crippen LogP contribution is 2.25. The molecule has 0 spiro atoms. The number of halogens is 3. The number of carbonyl (C=O) groups is 2. The molecule has 3 amide bonds. The summed E-state index contributed by atoms with van der Waals surface area (Å²) >= 11 is 13.6. The van der Waals surface area contributed by atoms with Gasteiger partial charge in [0.25, 0.3) is 0 Å². The number of nitrogens with zero attached hydrogens (tertiary/aromatic N) is 2. The van der Waals surface area contributed by atoms with Gasteiger partial charge in [-0.2, -0.15) is 0 Å². The zero-order valence-electron chi connectivity index (χ0n) is 17.6. The van der Waals surface area contributed by atoms with Gasteiger partial charge in [0, 0.05) is 23.0 Å². The van der Waals surface area contributed by atoms with E-state index in [1.165, 1.54) is 34.4 Å². The van der Waals surface area contributed by atoms with Gasteiger partial charge in [0.2, 0.25) is 5.91 Å². The maximum Gasteiger partial charge on any atom is 0.322 e. The summed E-state index contributed by atoms with van der Waals surface area (Å²) in [4.78, 5) is 30.1. The normalized spacial score (nSPS) is 10.5. The molecule has 0 atom stereocenters. The SMILES string of the molecule is C=CCN(CC(=O)N(Cc1ccc(F)cc1)Cc1cccs1)C(=O)Nc1ccc(Cl)cc1Cl. The van der Waals surface area contributed by atoms with Crippen LogP contribution in [0.15, 0.2) is 72.6 Å². The number of nitrogens with one attached hydrogen (secondary N) is 1. The Kier molecular flexibility index (Phi) is 8.88. The molecule has 33 heavy (non-hydrogen) atoms. The van der Waals surface area contributed by atoms with Crippen molar-refractivity contribution in [1.82, 2.24) is 9.80 Å². The van der Waals surface area contributed by atoms with E-state index in [9.17, 15) is 14.0 Å². The Morgan fingerprint density at radius 3 is 2.45 bits per heavy atom. The molecule has 172 valence electrons. The predicted molar refractivity (Wildman–Crippen MR) is 132 cm³/mol. The second-order valence-corrected chi connectivity index (χ2v) is 9.06. The lowest BCUT2D eigenvalue weighted by molar-refractivity contribution is -0.132. The Morgan fingerprint density at radius 2 is 1.82 bits per heavy atom. The first kappa shape index (κ1) is 24.8. The van der Waals surface area contributed by atoms with E-state index in [-0.39, 0.29) is 36.4 Å². The van der Waals surface area contributed by atoms with Crippen molar-refractivity contribution < 1.29 is 14.0 Å². The molecule has 0 unspecified atom stereocenters. The number of rotatable bonds is 9. The molecule has 0 radical (unpaired) electrons.